The predicted molar refractivity (Wildman–Crippen MR) is 121 cm³/mol. The van der Waals surface area contributed by atoms with Crippen LogP contribution in [0.1, 0.15) is 32.6 Å². The van der Waals surface area contributed by atoms with Crippen molar-refractivity contribution >= 4 is 33.2 Å². The van der Waals surface area contributed by atoms with Crippen LogP contribution in [0.4, 0.5) is 5.69 Å². The molecule has 0 aliphatic carbocycles. The van der Waals surface area contributed by atoms with E-state index in [0.29, 0.717) is 12.2 Å². The van der Waals surface area contributed by atoms with Crippen LogP contribution < -0.4 is 10.0 Å². The number of amides is 1. The molecule has 7 heteroatoms. The van der Waals surface area contributed by atoms with Crippen LogP contribution in [0.15, 0.2) is 65.6 Å². The lowest BCUT2D eigenvalue weighted by Gasteiger charge is -2.14. The number of anilines is 1. The summed E-state index contributed by atoms with van der Waals surface area (Å²) in [6.07, 6.45) is 0. The topological polar surface area (TPSA) is 75.3 Å². The first kappa shape index (κ1) is 21.9. The maximum atomic E-state index is 12.9. The molecule has 1 amide bonds. The standard InChI is InChI=1S/C23H23ClN2O3S/c1-15-7-9-18(10-8-15)14-25-23(27)19-11-12-20(24)22(13-19)30(28,29)26-21-6-4-5-16(2)17(21)3/h4-13,26H,14H2,1-3H3,(H,25,27). The van der Waals surface area contributed by atoms with E-state index in [1.807, 2.05) is 51.1 Å². The normalized spacial score (nSPS) is 11.2. The third-order valence-electron chi connectivity index (χ3n) is 4.91. The molecule has 3 aromatic carbocycles. The summed E-state index contributed by atoms with van der Waals surface area (Å²) in [4.78, 5) is 12.4. The molecule has 0 heterocycles. The maximum absolute atomic E-state index is 12.9. The molecule has 0 aliphatic heterocycles. The first-order chi connectivity index (χ1) is 14.2. The molecule has 0 radical (unpaired) electrons. The molecule has 0 saturated heterocycles. The highest BCUT2D eigenvalue weighted by Gasteiger charge is 2.21. The van der Waals surface area contributed by atoms with Gasteiger partial charge in [0.15, 0.2) is 0 Å². The average molecular weight is 443 g/mol. The van der Waals surface area contributed by atoms with Gasteiger partial charge in [-0.15, -0.1) is 0 Å². The molecule has 0 saturated carbocycles. The van der Waals surface area contributed by atoms with Crippen LogP contribution >= 0.6 is 11.6 Å². The van der Waals surface area contributed by atoms with Gasteiger partial charge in [-0.25, -0.2) is 8.42 Å². The highest BCUT2D eigenvalue weighted by atomic mass is 35.5. The van der Waals surface area contributed by atoms with Crippen LogP contribution in [0, 0.1) is 20.8 Å². The van der Waals surface area contributed by atoms with Crippen LogP contribution in [0.3, 0.4) is 0 Å². The molecular weight excluding hydrogens is 420 g/mol. The monoisotopic (exact) mass is 442 g/mol. The Bertz CT molecular complexity index is 1190. The summed E-state index contributed by atoms with van der Waals surface area (Å²) in [5.41, 5.74) is 4.56. The molecule has 156 valence electrons. The van der Waals surface area contributed by atoms with Crippen molar-refractivity contribution in [1.82, 2.24) is 5.32 Å². The third kappa shape index (κ3) is 5.01. The van der Waals surface area contributed by atoms with Crippen LogP contribution in [0.2, 0.25) is 5.02 Å². The number of carbonyl (C=O) groups is 1. The number of nitrogens with one attached hydrogen (secondary N) is 2. The Morgan fingerprint density at radius 3 is 2.37 bits per heavy atom. The number of halogens is 1. The van der Waals surface area contributed by atoms with Gasteiger partial charge >= 0.3 is 0 Å². The van der Waals surface area contributed by atoms with E-state index in [0.717, 1.165) is 22.3 Å². The van der Waals surface area contributed by atoms with Crippen molar-refractivity contribution < 1.29 is 13.2 Å². The highest BCUT2D eigenvalue weighted by molar-refractivity contribution is 7.92. The minimum absolute atomic E-state index is 0.0443. The Balaban J connectivity index is 1.82. The fourth-order valence-corrected chi connectivity index (χ4v) is 4.55. The van der Waals surface area contributed by atoms with Gasteiger partial charge in [-0.3, -0.25) is 9.52 Å². The van der Waals surface area contributed by atoms with Crippen LogP contribution in [-0.2, 0) is 16.6 Å². The smallest absolute Gasteiger partial charge is 0.263 e. The van der Waals surface area contributed by atoms with Gasteiger partial charge in [0.25, 0.3) is 15.9 Å². The van der Waals surface area contributed by atoms with E-state index in [1.165, 1.54) is 18.2 Å². The summed E-state index contributed by atoms with van der Waals surface area (Å²) in [5.74, 6) is -0.379. The summed E-state index contributed by atoms with van der Waals surface area (Å²) in [6, 6.07) is 17.4. The van der Waals surface area contributed by atoms with Crippen molar-refractivity contribution in [1.29, 1.82) is 0 Å². The molecule has 0 aliphatic rings. The SMILES string of the molecule is Cc1ccc(CNC(=O)c2ccc(Cl)c(S(=O)(=O)Nc3cccc(C)c3C)c2)cc1. The second-order valence-electron chi connectivity index (χ2n) is 7.17. The van der Waals surface area contributed by atoms with Crippen molar-refractivity contribution in [2.45, 2.75) is 32.2 Å². The molecule has 5 nitrogen and oxygen atoms in total. The number of rotatable bonds is 6. The maximum Gasteiger partial charge on any atom is 0.263 e. The fraction of sp³-hybridized carbons (Fsp3) is 0.174. The molecule has 0 spiro atoms. The highest BCUT2D eigenvalue weighted by Crippen LogP contribution is 2.27. The van der Waals surface area contributed by atoms with Crippen LogP contribution in [0.5, 0.6) is 0 Å². The lowest BCUT2D eigenvalue weighted by molar-refractivity contribution is 0.0950. The molecule has 0 atom stereocenters. The van der Waals surface area contributed by atoms with Crippen LogP contribution in [-0.4, -0.2) is 14.3 Å². The summed E-state index contributed by atoms with van der Waals surface area (Å²) in [5, 5.41) is 2.85. The Hall–Kier alpha value is -2.83. The quantitative estimate of drug-likeness (QED) is 0.564. The van der Waals surface area contributed by atoms with Crippen LogP contribution in [0.25, 0.3) is 0 Å². The molecule has 0 aromatic heterocycles. The molecule has 0 unspecified atom stereocenters. The Kier molecular flexibility index (Phi) is 6.48. The summed E-state index contributed by atoms with van der Waals surface area (Å²) in [6.45, 7) is 6.07. The number of hydrogen-bond donors (Lipinski definition) is 2. The molecule has 3 aromatic rings. The second kappa shape index (κ2) is 8.90. The zero-order chi connectivity index (χ0) is 21.9. The largest absolute Gasteiger partial charge is 0.348 e. The first-order valence-corrected chi connectivity index (χ1v) is 11.3. The molecule has 2 N–H and O–H groups in total. The molecule has 3 rings (SSSR count). The van der Waals surface area contributed by atoms with Crippen molar-refractivity contribution in [3.8, 4) is 0 Å². The van der Waals surface area contributed by atoms with E-state index in [9.17, 15) is 13.2 Å². The Labute approximate surface area is 182 Å². The summed E-state index contributed by atoms with van der Waals surface area (Å²) in [7, 11) is -3.97. The molecular formula is C23H23ClN2O3S. The molecule has 30 heavy (non-hydrogen) atoms. The van der Waals surface area contributed by atoms with Crippen molar-refractivity contribution in [3.05, 3.63) is 93.5 Å². The summed E-state index contributed by atoms with van der Waals surface area (Å²) >= 11 is 6.16. The van der Waals surface area contributed by atoms with Gasteiger partial charge in [0.05, 0.1) is 10.7 Å². The number of benzene rings is 3. The van der Waals surface area contributed by atoms with Gasteiger partial charge < -0.3 is 5.32 Å². The zero-order valence-electron chi connectivity index (χ0n) is 17.0. The Morgan fingerprint density at radius 1 is 0.967 bits per heavy atom. The minimum atomic E-state index is -3.97. The lowest BCUT2D eigenvalue weighted by atomic mass is 10.1. The number of sulfonamides is 1. The predicted octanol–water partition coefficient (Wildman–Crippen LogP) is 5.00. The fourth-order valence-electron chi connectivity index (χ4n) is 2.90. The zero-order valence-corrected chi connectivity index (χ0v) is 18.6. The third-order valence-corrected chi connectivity index (χ3v) is 6.75. The average Bonchev–Trinajstić information content (AvgIpc) is 2.71. The molecule has 0 fully saturated rings. The lowest BCUT2D eigenvalue weighted by Crippen LogP contribution is -2.23. The van der Waals surface area contributed by atoms with Gasteiger partial charge in [-0.05, 0) is 61.7 Å². The van der Waals surface area contributed by atoms with Crippen molar-refractivity contribution in [3.63, 3.8) is 0 Å². The number of carbonyl (C=O) groups excluding carboxylic acids is 1. The van der Waals surface area contributed by atoms with E-state index in [2.05, 4.69) is 10.0 Å². The van der Waals surface area contributed by atoms with Gasteiger partial charge in [0, 0.05) is 12.1 Å². The minimum Gasteiger partial charge on any atom is -0.348 e. The van der Waals surface area contributed by atoms with E-state index < -0.39 is 10.0 Å². The van der Waals surface area contributed by atoms with Crippen molar-refractivity contribution in [2.75, 3.05) is 4.72 Å². The second-order valence-corrected chi connectivity index (χ2v) is 9.22. The van der Waals surface area contributed by atoms with Crippen molar-refractivity contribution in [2.24, 2.45) is 0 Å². The summed E-state index contributed by atoms with van der Waals surface area (Å²) < 4.78 is 28.5. The van der Waals surface area contributed by atoms with Gasteiger partial charge in [-0.1, -0.05) is 53.6 Å². The number of aryl methyl sites for hydroxylation is 2. The van der Waals surface area contributed by atoms with E-state index in [1.54, 1.807) is 12.1 Å². The van der Waals surface area contributed by atoms with Gasteiger partial charge in [-0.2, -0.15) is 0 Å². The van der Waals surface area contributed by atoms with E-state index in [-0.39, 0.29) is 21.4 Å². The Morgan fingerprint density at radius 2 is 1.67 bits per heavy atom. The first-order valence-electron chi connectivity index (χ1n) is 9.40. The van der Waals surface area contributed by atoms with Gasteiger partial charge in [0.2, 0.25) is 0 Å². The van der Waals surface area contributed by atoms with E-state index >= 15 is 0 Å². The van der Waals surface area contributed by atoms with E-state index in [4.69, 9.17) is 11.6 Å². The number of hydrogen-bond acceptors (Lipinski definition) is 3. The van der Waals surface area contributed by atoms with Gasteiger partial charge in [0.1, 0.15) is 4.90 Å². The molecule has 0 bridgehead atoms.